The zero-order chi connectivity index (χ0) is 25.9. The summed E-state index contributed by atoms with van der Waals surface area (Å²) in [5.41, 5.74) is 9.70. The van der Waals surface area contributed by atoms with Crippen molar-refractivity contribution in [2.45, 2.75) is 69.2 Å². The molecule has 200 valence electrons. The van der Waals surface area contributed by atoms with Gasteiger partial charge in [0.1, 0.15) is 12.1 Å². The fourth-order valence-corrected chi connectivity index (χ4v) is 6.22. The van der Waals surface area contributed by atoms with Crippen LogP contribution in [0.4, 0.5) is 17.3 Å². The molecule has 0 saturated carbocycles. The average Bonchev–Trinajstić information content (AvgIpc) is 3.59. The molecule has 0 radical (unpaired) electrons. The first-order chi connectivity index (χ1) is 17.9. The number of nitrogens with zero attached hydrogens (tertiary/aromatic N) is 4. The van der Waals surface area contributed by atoms with Crippen molar-refractivity contribution in [3.8, 4) is 0 Å². The predicted molar refractivity (Wildman–Crippen MR) is 149 cm³/mol. The number of rotatable bonds is 8. The Morgan fingerprint density at radius 1 is 1.22 bits per heavy atom. The number of thioether (sulfide) groups is 1. The number of anilines is 3. The summed E-state index contributed by atoms with van der Waals surface area (Å²) in [5, 5.41) is 18.0. The predicted octanol–water partition coefficient (Wildman–Crippen LogP) is 4.03. The SMILES string of the molecule is Cc1cc(C2NC(C(O)Nc3cc(SC(C)N4CCC(C)CC4)c(N)nc3N3CCCC3)=CO2)ccn1. The molecular weight excluding hydrogens is 486 g/mol. The summed E-state index contributed by atoms with van der Waals surface area (Å²) >= 11 is 1.74. The van der Waals surface area contributed by atoms with Gasteiger partial charge in [-0.2, -0.15) is 0 Å². The molecule has 2 fully saturated rings. The molecule has 3 atom stereocenters. The average molecular weight is 526 g/mol. The third-order valence-corrected chi connectivity index (χ3v) is 8.69. The van der Waals surface area contributed by atoms with Gasteiger partial charge in [-0.25, -0.2) is 4.98 Å². The standard InChI is InChI=1S/C27H39N7O2S/c1-17-7-12-33(13-8-17)19(3)37-23-15-21(25(32-24(23)28)34-10-4-5-11-34)30-26(35)22-16-36-27(31-22)20-6-9-29-18(2)14-20/h6,9,14-17,19,26-27,30-31,35H,4-5,7-8,10-13H2,1-3H3,(H2,28,32). The van der Waals surface area contributed by atoms with E-state index in [1.807, 2.05) is 25.1 Å². The molecule has 0 aromatic carbocycles. The molecule has 5 N–H and O–H groups in total. The topological polar surface area (TPSA) is 112 Å². The number of nitrogen functional groups attached to an aromatic ring is 1. The Labute approximate surface area is 223 Å². The van der Waals surface area contributed by atoms with Crippen LogP contribution in [0.15, 0.2) is 41.3 Å². The molecular formula is C27H39N7O2S. The third-order valence-electron chi connectivity index (χ3n) is 7.47. The van der Waals surface area contributed by atoms with E-state index in [1.165, 1.54) is 12.8 Å². The summed E-state index contributed by atoms with van der Waals surface area (Å²) in [6.07, 6.45) is 6.69. The van der Waals surface area contributed by atoms with Crippen molar-refractivity contribution in [3.63, 3.8) is 0 Å². The van der Waals surface area contributed by atoms with E-state index in [-0.39, 0.29) is 6.23 Å². The highest BCUT2D eigenvalue weighted by molar-refractivity contribution is 8.00. The van der Waals surface area contributed by atoms with Crippen molar-refractivity contribution in [2.24, 2.45) is 5.92 Å². The summed E-state index contributed by atoms with van der Waals surface area (Å²) in [6, 6.07) is 5.93. The number of aliphatic hydroxyl groups excluding tert-OH is 1. The quantitative estimate of drug-likeness (QED) is 0.298. The lowest BCUT2D eigenvalue weighted by Gasteiger charge is -2.34. The monoisotopic (exact) mass is 525 g/mol. The van der Waals surface area contributed by atoms with Gasteiger partial charge < -0.3 is 31.1 Å². The van der Waals surface area contributed by atoms with Gasteiger partial charge >= 0.3 is 0 Å². The van der Waals surface area contributed by atoms with Crippen LogP contribution in [0.2, 0.25) is 0 Å². The summed E-state index contributed by atoms with van der Waals surface area (Å²) in [7, 11) is 0. The number of hydrogen-bond donors (Lipinski definition) is 4. The van der Waals surface area contributed by atoms with Crippen LogP contribution in [0.1, 0.15) is 57.0 Å². The largest absolute Gasteiger partial charge is 0.472 e. The fraction of sp³-hybridized carbons (Fsp3) is 0.556. The number of nitrogens with two attached hydrogens (primary N) is 1. The molecule has 0 bridgehead atoms. The number of aliphatic hydroxyl groups is 1. The van der Waals surface area contributed by atoms with Gasteiger partial charge in [0.05, 0.1) is 21.7 Å². The second-order valence-electron chi connectivity index (χ2n) is 10.4. The molecule has 0 aliphatic carbocycles. The Morgan fingerprint density at radius 2 is 1.97 bits per heavy atom. The summed E-state index contributed by atoms with van der Waals surface area (Å²) in [6.45, 7) is 10.6. The van der Waals surface area contributed by atoms with E-state index >= 15 is 0 Å². The van der Waals surface area contributed by atoms with Gasteiger partial charge in [0.15, 0.2) is 18.3 Å². The highest BCUT2D eigenvalue weighted by atomic mass is 32.2. The highest BCUT2D eigenvalue weighted by Gasteiger charge is 2.28. The van der Waals surface area contributed by atoms with Gasteiger partial charge in [-0.05, 0) is 76.7 Å². The fourth-order valence-electron chi connectivity index (χ4n) is 5.14. The Kier molecular flexibility index (Phi) is 7.97. The molecule has 3 unspecified atom stereocenters. The van der Waals surface area contributed by atoms with Crippen molar-refractivity contribution in [2.75, 3.05) is 42.1 Å². The van der Waals surface area contributed by atoms with Crippen LogP contribution in [0.3, 0.4) is 0 Å². The summed E-state index contributed by atoms with van der Waals surface area (Å²) in [4.78, 5) is 14.8. The van der Waals surface area contributed by atoms with Gasteiger partial charge in [0.25, 0.3) is 0 Å². The number of ether oxygens (including phenoxy) is 1. The van der Waals surface area contributed by atoms with Gasteiger partial charge in [-0.1, -0.05) is 6.92 Å². The third kappa shape index (κ3) is 6.08. The van der Waals surface area contributed by atoms with Gasteiger partial charge in [-0.15, -0.1) is 11.8 Å². The Bertz CT molecular complexity index is 1120. The van der Waals surface area contributed by atoms with Crippen LogP contribution in [-0.2, 0) is 4.74 Å². The Balaban J connectivity index is 1.32. The summed E-state index contributed by atoms with van der Waals surface area (Å²) < 4.78 is 5.81. The number of likely N-dealkylation sites (tertiary alicyclic amines) is 1. The molecule has 0 amide bonds. The van der Waals surface area contributed by atoms with Crippen LogP contribution in [0.25, 0.3) is 0 Å². The molecule has 5 rings (SSSR count). The van der Waals surface area contributed by atoms with Gasteiger partial charge in [0, 0.05) is 30.5 Å². The van der Waals surface area contributed by atoms with E-state index < -0.39 is 6.23 Å². The zero-order valence-electron chi connectivity index (χ0n) is 22.0. The lowest BCUT2D eigenvalue weighted by Crippen LogP contribution is -2.37. The molecule has 2 aromatic rings. The maximum Gasteiger partial charge on any atom is 0.195 e. The molecule has 3 aliphatic rings. The van der Waals surface area contributed by atoms with E-state index in [2.05, 4.69) is 39.3 Å². The smallest absolute Gasteiger partial charge is 0.195 e. The molecule has 37 heavy (non-hydrogen) atoms. The van der Waals surface area contributed by atoms with Crippen LogP contribution in [-0.4, -0.2) is 57.8 Å². The molecule has 10 heteroatoms. The van der Waals surface area contributed by atoms with E-state index in [4.69, 9.17) is 15.5 Å². The lowest BCUT2D eigenvalue weighted by molar-refractivity contribution is 0.151. The molecule has 0 spiro atoms. The normalized spacial score (nSPS) is 22.3. The van der Waals surface area contributed by atoms with Crippen molar-refractivity contribution in [1.82, 2.24) is 20.2 Å². The number of piperidine rings is 1. The minimum Gasteiger partial charge on any atom is -0.472 e. The number of aryl methyl sites for hydroxylation is 1. The Morgan fingerprint density at radius 3 is 2.70 bits per heavy atom. The Hall–Kier alpha value is -2.69. The van der Waals surface area contributed by atoms with E-state index in [0.29, 0.717) is 16.9 Å². The summed E-state index contributed by atoms with van der Waals surface area (Å²) in [5.74, 6) is 2.12. The minimum absolute atomic E-state index is 0.296. The first kappa shape index (κ1) is 25.9. The van der Waals surface area contributed by atoms with E-state index in [9.17, 15) is 5.11 Å². The lowest BCUT2D eigenvalue weighted by atomic mass is 9.99. The van der Waals surface area contributed by atoms with Crippen LogP contribution in [0, 0.1) is 12.8 Å². The number of aromatic nitrogens is 2. The second kappa shape index (κ2) is 11.4. The number of hydrogen-bond acceptors (Lipinski definition) is 10. The second-order valence-corrected chi connectivity index (χ2v) is 11.7. The number of nitrogens with one attached hydrogen (secondary N) is 2. The molecule has 2 saturated heterocycles. The van der Waals surface area contributed by atoms with Gasteiger partial charge in [0.2, 0.25) is 0 Å². The zero-order valence-corrected chi connectivity index (χ0v) is 22.8. The van der Waals surface area contributed by atoms with Crippen molar-refractivity contribution < 1.29 is 9.84 Å². The maximum absolute atomic E-state index is 11.1. The van der Waals surface area contributed by atoms with Crippen molar-refractivity contribution in [3.05, 3.63) is 47.6 Å². The van der Waals surface area contributed by atoms with Crippen molar-refractivity contribution >= 4 is 29.1 Å². The van der Waals surface area contributed by atoms with E-state index in [1.54, 1.807) is 24.2 Å². The highest BCUT2D eigenvalue weighted by Crippen LogP contribution is 2.38. The molecule has 5 heterocycles. The molecule has 2 aromatic heterocycles. The van der Waals surface area contributed by atoms with Crippen LogP contribution >= 0.6 is 11.8 Å². The molecule has 3 aliphatic heterocycles. The van der Waals surface area contributed by atoms with Crippen molar-refractivity contribution in [1.29, 1.82) is 0 Å². The van der Waals surface area contributed by atoms with Crippen LogP contribution in [0.5, 0.6) is 0 Å². The first-order valence-electron chi connectivity index (χ1n) is 13.3. The number of pyridine rings is 2. The first-order valence-corrected chi connectivity index (χ1v) is 14.2. The van der Waals surface area contributed by atoms with Gasteiger partial charge in [-0.3, -0.25) is 9.88 Å². The minimum atomic E-state index is -0.987. The maximum atomic E-state index is 11.1. The van der Waals surface area contributed by atoms with Crippen LogP contribution < -0.4 is 21.3 Å². The molecule has 9 nitrogen and oxygen atoms in total. The van der Waals surface area contributed by atoms with E-state index in [0.717, 1.165) is 72.6 Å².